The van der Waals surface area contributed by atoms with Crippen molar-refractivity contribution in [3.8, 4) is 39.7 Å². The standard InChI is InChI=1S/C55H69NOS4/c1-6-11-15-19-25-39-34-49(58-52(39)38-57)53-42(27-21-17-13-8-3)36-51(60-53)55-43(28-22-18-14-9-4)37-50(61-55)54-41(26-20-16-12-7-2)35-48(59-54)40-31-32-47-45(33-40)44-29-23-24-30-46(44)56(47)10-5/h23-24,29-38H,6-22,25-28H2,1-5H3. The van der Waals surface area contributed by atoms with Gasteiger partial charge in [-0.25, -0.2) is 0 Å². The first kappa shape index (κ1) is 45.7. The maximum absolute atomic E-state index is 12.4. The molecule has 0 fully saturated rings. The number of hydrogen-bond donors (Lipinski definition) is 0. The molecule has 0 unspecified atom stereocenters. The van der Waals surface area contributed by atoms with Crippen LogP contribution in [0.25, 0.3) is 61.5 Å². The lowest BCUT2D eigenvalue weighted by Gasteiger charge is -2.03. The van der Waals surface area contributed by atoms with Crippen LogP contribution in [0.2, 0.25) is 0 Å². The molecule has 0 aliphatic heterocycles. The molecule has 0 saturated carbocycles. The Bertz CT molecular complexity index is 2460. The predicted molar refractivity (Wildman–Crippen MR) is 275 cm³/mol. The van der Waals surface area contributed by atoms with Crippen LogP contribution in [0.4, 0.5) is 0 Å². The number of para-hydroxylation sites is 1. The number of aldehydes is 1. The molecule has 0 saturated heterocycles. The highest BCUT2D eigenvalue weighted by Crippen LogP contribution is 2.50. The van der Waals surface area contributed by atoms with E-state index in [-0.39, 0.29) is 0 Å². The van der Waals surface area contributed by atoms with Crippen molar-refractivity contribution in [3.63, 3.8) is 0 Å². The van der Waals surface area contributed by atoms with E-state index in [9.17, 15) is 4.79 Å². The molecular formula is C55H69NOS4. The number of rotatable bonds is 26. The molecule has 61 heavy (non-hydrogen) atoms. The highest BCUT2D eigenvalue weighted by molar-refractivity contribution is 7.29. The van der Waals surface area contributed by atoms with Crippen molar-refractivity contribution in [3.05, 3.63) is 93.9 Å². The molecular weight excluding hydrogens is 819 g/mol. The highest BCUT2D eigenvalue weighted by Gasteiger charge is 2.23. The second-order valence-corrected chi connectivity index (χ2v) is 21.5. The van der Waals surface area contributed by atoms with Gasteiger partial charge in [0, 0.05) is 62.5 Å². The molecule has 0 N–H and O–H groups in total. The van der Waals surface area contributed by atoms with Gasteiger partial charge < -0.3 is 4.57 Å². The van der Waals surface area contributed by atoms with E-state index < -0.39 is 0 Å². The topological polar surface area (TPSA) is 22.0 Å². The number of aryl methyl sites for hydroxylation is 5. The molecule has 5 aromatic heterocycles. The number of thiophene rings is 4. The molecule has 2 aromatic carbocycles. The summed E-state index contributed by atoms with van der Waals surface area (Å²) in [6.45, 7) is 12.4. The van der Waals surface area contributed by atoms with Gasteiger partial charge in [0.1, 0.15) is 0 Å². The quantitative estimate of drug-likeness (QED) is 0.0392. The van der Waals surface area contributed by atoms with Gasteiger partial charge in [-0.3, -0.25) is 4.79 Å². The highest BCUT2D eigenvalue weighted by atomic mass is 32.1. The SMILES string of the molecule is CCCCCCc1cc(-c2sc(-c3sc(-c4sc(-c5ccc6c(c5)c5ccccc5n6CC)cc4CCCCCC)cc3CCCCCC)cc2CCCCCC)sc1C=O. The Morgan fingerprint density at radius 3 is 1.39 bits per heavy atom. The molecule has 7 aromatic rings. The van der Waals surface area contributed by atoms with Crippen LogP contribution in [0.3, 0.4) is 0 Å². The number of fused-ring (bicyclic) bond motifs is 3. The summed E-state index contributed by atoms with van der Waals surface area (Å²) in [7, 11) is 0. The Morgan fingerprint density at radius 2 is 0.885 bits per heavy atom. The van der Waals surface area contributed by atoms with Crippen molar-refractivity contribution < 1.29 is 4.79 Å². The van der Waals surface area contributed by atoms with Crippen LogP contribution in [-0.2, 0) is 32.2 Å². The van der Waals surface area contributed by atoms with E-state index in [4.69, 9.17) is 0 Å². The Hall–Kier alpha value is -3.29. The summed E-state index contributed by atoms with van der Waals surface area (Å²) in [6, 6.07) is 26.2. The van der Waals surface area contributed by atoms with Crippen molar-refractivity contribution in [2.45, 2.75) is 170 Å². The minimum absolute atomic E-state index is 0.934. The van der Waals surface area contributed by atoms with Gasteiger partial charge in [-0.2, -0.15) is 0 Å². The van der Waals surface area contributed by atoms with Gasteiger partial charge in [0.25, 0.3) is 0 Å². The number of nitrogens with zero attached hydrogens (tertiary/aromatic N) is 1. The summed E-state index contributed by atoms with van der Waals surface area (Å²) in [5.74, 6) is 0. The third-order valence-electron chi connectivity index (χ3n) is 12.6. The fourth-order valence-electron chi connectivity index (χ4n) is 9.20. The zero-order chi connectivity index (χ0) is 42.6. The van der Waals surface area contributed by atoms with E-state index >= 15 is 0 Å². The smallest absolute Gasteiger partial charge is 0.160 e. The minimum Gasteiger partial charge on any atom is -0.341 e. The van der Waals surface area contributed by atoms with E-state index in [0.29, 0.717) is 0 Å². The maximum Gasteiger partial charge on any atom is 0.160 e. The van der Waals surface area contributed by atoms with Crippen LogP contribution in [0.5, 0.6) is 0 Å². The minimum atomic E-state index is 0.934. The Labute approximate surface area is 383 Å². The second kappa shape index (κ2) is 22.9. The van der Waals surface area contributed by atoms with E-state index in [1.165, 1.54) is 180 Å². The molecule has 5 heterocycles. The first-order valence-corrected chi connectivity index (χ1v) is 27.3. The van der Waals surface area contributed by atoms with Crippen LogP contribution in [0.15, 0.2) is 66.7 Å². The Kier molecular flexibility index (Phi) is 17.1. The summed E-state index contributed by atoms with van der Waals surface area (Å²) in [5.41, 5.74) is 9.77. The number of hydrogen-bond acceptors (Lipinski definition) is 5. The van der Waals surface area contributed by atoms with E-state index in [2.05, 4.69) is 106 Å². The molecule has 0 radical (unpaired) electrons. The van der Waals surface area contributed by atoms with E-state index in [1.54, 1.807) is 11.3 Å². The molecule has 2 nitrogen and oxygen atoms in total. The van der Waals surface area contributed by atoms with Crippen LogP contribution in [0.1, 0.15) is 169 Å². The lowest BCUT2D eigenvalue weighted by Crippen LogP contribution is -1.92. The molecule has 0 atom stereocenters. The van der Waals surface area contributed by atoms with Gasteiger partial charge >= 0.3 is 0 Å². The van der Waals surface area contributed by atoms with E-state index in [0.717, 1.165) is 49.8 Å². The van der Waals surface area contributed by atoms with Gasteiger partial charge in [-0.1, -0.05) is 129 Å². The number of carbonyl (C=O) groups excluding carboxylic acids is 1. The average Bonchev–Trinajstić information content (AvgIpc) is 4.13. The fourth-order valence-corrected chi connectivity index (χ4v) is 14.3. The largest absolute Gasteiger partial charge is 0.341 e. The second-order valence-electron chi connectivity index (χ2n) is 17.2. The summed E-state index contributed by atoms with van der Waals surface area (Å²) in [6.07, 6.45) is 25.6. The van der Waals surface area contributed by atoms with Crippen molar-refractivity contribution in [1.82, 2.24) is 4.57 Å². The summed E-state index contributed by atoms with van der Waals surface area (Å²) >= 11 is 7.80. The van der Waals surface area contributed by atoms with Gasteiger partial charge in [0.2, 0.25) is 0 Å². The van der Waals surface area contributed by atoms with Crippen LogP contribution >= 0.6 is 45.3 Å². The number of benzene rings is 2. The third kappa shape index (κ3) is 10.9. The first-order valence-electron chi connectivity index (χ1n) is 24.0. The van der Waals surface area contributed by atoms with Crippen molar-refractivity contribution in [1.29, 1.82) is 0 Å². The van der Waals surface area contributed by atoms with Crippen molar-refractivity contribution in [2.24, 2.45) is 0 Å². The average molecular weight is 888 g/mol. The van der Waals surface area contributed by atoms with E-state index in [1.807, 2.05) is 34.0 Å². The lowest BCUT2D eigenvalue weighted by molar-refractivity contribution is 0.112. The molecule has 0 aliphatic rings. The number of carbonyl (C=O) groups is 1. The molecule has 0 spiro atoms. The normalized spacial score (nSPS) is 11.8. The Balaban J connectivity index is 1.30. The zero-order valence-corrected chi connectivity index (χ0v) is 41.0. The van der Waals surface area contributed by atoms with Gasteiger partial charge in [0.05, 0.1) is 4.88 Å². The molecule has 0 amide bonds. The molecule has 6 heteroatoms. The number of aromatic nitrogens is 1. The molecule has 324 valence electrons. The summed E-state index contributed by atoms with van der Waals surface area (Å²) in [5, 5.41) is 2.71. The zero-order valence-electron chi connectivity index (χ0n) is 37.8. The van der Waals surface area contributed by atoms with Crippen LogP contribution in [-0.4, -0.2) is 10.9 Å². The predicted octanol–water partition coefficient (Wildman–Crippen LogP) is 19.0. The van der Waals surface area contributed by atoms with Crippen LogP contribution < -0.4 is 0 Å². The molecule has 0 aliphatic carbocycles. The summed E-state index contributed by atoms with van der Waals surface area (Å²) < 4.78 is 2.46. The maximum atomic E-state index is 12.4. The number of unbranched alkanes of at least 4 members (excludes halogenated alkanes) is 12. The van der Waals surface area contributed by atoms with Crippen LogP contribution in [0, 0.1) is 0 Å². The summed E-state index contributed by atoms with van der Waals surface area (Å²) in [4.78, 5) is 23.2. The third-order valence-corrected chi connectivity index (χ3v) is 17.8. The van der Waals surface area contributed by atoms with Crippen molar-refractivity contribution in [2.75, 3.05) is 0 Å². The first-order chi connectivity index (χ1) is 30.0. The Morgan fingerprint density at radius 1 is 0.443 bits per heavy atom. The van der Waals surface area contributed by atoms with Gasteiger partial charge in [-0.15, -0.1) is 45.3 Å². The lowest BCUT2D eigenvalue weighted by atomic mass is 10.0. The molecule has 7 rings (SSSR count). The molecule has 0 bridgehead atoms. The van der Waals surface area contributed by atoms with Gasteiger partial charge in [-0.05, 0) is 129 Å². The van der Waals surface area contributed by atoms with Gasteiger partial charge in [0.15, 0.2) is 6.29 Å². The van der Waals surface area contributed by atoms with Crippen molar-refractivity contribution >= 4 is 73.4 Å². The fraction of sp³-hybridized carbons (Fsp3) is 0.473. The monoisotopic (exact) mass is 887 g/mol.